The van der Waals surface area contributed by atoms with Crippen molar-refractivity contribution in [3.8, 4) is 0 Å². The number of ether oxygens (including phenoxy) is 1. The highest BCUT2D eigenvalue weighted by Crippen LogP contribution is 2.30. The molecule has 0 atom stereocenters. The largest absolute Gasteiger partial charge is 0.465 e. The van der Waals surface area contributed by atoms with Gasteiger partial charge >= 0.3 is 5.97 Å². The summed E-state index contributed by atoms with van der Waals surface area (Å²) in [7, 11) is 1.36. The van der Waals surface area contributed by atoms with Gasteiger partial charge in [-0.1, -0.05) is 0 Å². The van der Waals surface area contributed by atoms with Crippen molar-refractivity contribution in [3.05, 3.63) is 53.3 Å². The third-order valence-electron chi connectivity index (χ3n) is 4.81. The average Bonchev–Trinajstić information content (AvgIpc) is 3.29. The van der Waals surface area contributed by atoms with Crippen LogP contribution in [-0.4, -0.2) is 40.3 Å². The van der Waals surface area contributed by atoms with Crippen molar-refractivity contribution in [2.24, 2.45) is 0 Å². The van der Waals surface area contributed by atoms with Crippen LogP contribution in [0, 0.1) is 0 Å². The number of carbonyl (C=O) groups excluding carboxylic acids is 2. The van der Waals surface area contributed by atoms with Gasteiger partial charge in [-0.15, -0.1) is 0 Å². The molecule has 7 nitrogen and oxygen atoms in total. The Balaban J connectivity index is 1.65. The molecule has 0 saturated carbocycles. The third kappa shape index (κ3) is 2.85. The Labute approximate surface area is 156 Å². The van der Waals surface area contributed by atoms with Gasteiger partial charge in [0, 0.05) is 29.9 Å². The number of anilines is 1. The number of benzene rings is 1. The van der Waals surface area contributed by atoms with Crippen LogP contribution in [0.1, 0.15) is 46.2 Å². The summed E-state index contributed by atoms with van der Waals surface area (Å²) in [6.45, 7) is 4.65. The van der Waals surface area contributed by atoms with Crippen molar-refractivity contribution in [1.82, 2.24) is 14.8 Å². The number of nitrogens with zero attached hydrogens (tertiary/aromatic N) is 4. The predicted octanol–water partition coefficient (Wildman–Crippen LogP) is 3.00. The maximum absolute atomic E-state index is 13.0. The van der Waals surface area contributed by atoms with Crippen LogP contribution in [0.3, 0.4) is 0 Å². The Morgan fingerprint density at radius 3 is 2.70 bits per heavy atom. The summed E-state index contributed by atoms with van der Waals surface area (Å²) in [5, 5.41) is 5.19. The second-order valence-corrected chi connectivity index (χ2v) is 6.86. The monoisotopic (exact) mass is 364 g/mol. The van der Waals surface area contributed by atoms with Gasteiger partial charge in [0.1, 0.15) is 0 Å². The van der Waals surface area contributed by atoms with Gasteiger partial charge in [0.05, 0.1) is 24.4 Å². The van der Waals surface area contributed by atoms with E-state index in [1.165, 1.54) is 7.11 Å². The van der Waals surface area contributed by atoms with Crippen molar-refractivity contribution >= 4 is 28.6 Å². The number of aromatic nitrogens is 3. The van der Waals surface area contributed by atoms with E-state index in [0.717, 1.165) is 22.3 Å². The molecule has 0 bridgehead atoms. The van der Waals surface area contributed by atoms with Crippen molar-refractivity contribution < 1.29 is 14.3 Å². The summed E-state index contributed by atoms with van der Waals surface area (Å²) in [5.41, 5.74) is 3.58. The highest BCUT2D eigenvalue weighted by molar-refractivity contribution is 6.08. The lowest BCUT2D eigenvalue weighted by Gasteiger charge is -2.17. The van der Waals surface area contributed by atoms with Gasteiger partial charge < -0.3 is 9.64 Å². The standard InChI is InChI=1S/C20H20N4O3/c1-12(2)24-18-15(11-22-24)9-16(10-21-18)19(25)23-7-6-13-8-14(20(26)27-3)4-5-17(13)23/h4-5,8-12H,6-7H2,1-3H3. The smallest absolute Gasteiger partial charge is 0.337 e. The van der Waals surface area contributed by atoms with E-state index in [9.17, 15) is 9.59 Å². The highest BCUT2D eigenvalue weighted by Gasteiger charge is 2.27. The molecule has 0 aliphatic carbocycles. The number of amides is 1. The summed E-state index contributed by atoms with van der Waals surface area (Å²) < 4.78 is 6.60. The Morgan fingerprint density at radius 1 is 1.15 bits per heavy atom. The molecule has 4 rings (SSSR count). The van der Waals surface area contributed by atoms with Gasteiger partial charge in [-0.2, -0.15) is 5.10 Å². The Morgan fingerprint density at radius 2 is 1.96 bits per heavy atom. The zero-order valence-corrected chi connectivity index (χ0v) is 15.5. The molecule has 27 heavy (non-hydrogen) atoms. The summed E-state index contributed by atoms with van der Waals surface area (Å²) in [4.78, 5) is 30.9. The molecule has 1 amide bonds. The van der Waals surface area contributed by atoms with Crippen molar-refractivity contribution in [2.45, 2.75) is 26.3 Å². The van der Waals surface area contributed by atoms with Crippen molar-refractivity contribution in [3.63, 3.8) is 0 Å². The van der Waals surface area contributed by atoms with Gasteiger partial charge in [-0.25, -0.2) is 14.5 Å². The van der Waals surface area contributed by atoms with E-state index >= 15 is 0 Å². The van der Waals surface area contributed by atoms with E-state index in [2.05, 4.69) is 10.1 Å². The fraction of sp³-hybridized carbons (Fsp3) is 0.300. The molecule has 0 unspecified atom stereocenters. The second kappa shape index (κ2) is 6.50. The van der Waals surface area contributed by atoms with Crippen LogP contribution in [0.25, 0.3) is 11.0 Å². The zero-order valence-electron chi connectivity index (χ0n) is 15.5. The topological polar surface area (TPSA) is 77.3 Å². The Kier molecular flexibility index (Phi) is 4.14. The molecule has 0 saturated heterocycles. The minimum Gasteiger partial charge on any atom is -0.465 e. The maximum Gasteiger partial charge on any atom is 0.337 e. The van der Waals surface area contributed by atoms with E-state index in [1.54, 1.807) is 35.5 Å². The molecule has 7 heteroatoms. The van der Waals surface area contributed by atoms with Crippen LogP contribution in [0.15, 0.2) is 36.7 Å². The summed E-state index contributed by atoms with van der Waals surface area (Å²) in [6.07, 6.45) is 4.04. The first-order valence-electron chi connectivity index (χ1n) is 8.86. The number of fused-ring (bicyclic) bond motifs is 2. The van der Waals surface area contributed by atoms with E-state index in [0.29, 0.717) is 24.1 Å². The van der Waals surface area contributed by atoms with E-state index in [-0.39, 0.29) is 17.9 Å². The molecule has 0 N–H and O–H groups in total. The summed E-state index contributed by atoms with van der Waals surface area (Å²) in [6, 6.07) is 7.31. The molecule has 0 spiro atoms. The first-order valence-corrected chi connectivity index (χ1v) is 8.86. The Bertz CT molecular complexity index is 1050. The molecule has 138 valence electrons. The molecule has 1 aliphatic rings. The van der Waals surface area contributed by atoms with Gasteiger partial charge in [-0.3, -0.25) is 4.79 Å². The fourth-order valence-corrected chi connectivity index (χ4v) is 3.45. The van der Waals surface area contributed by atoms with Crippen LogP contribution < -0.4 is 4.90 Å². The van der Waals surface area contributed by atoms with E-state index < -0.39 is 0 Å². The number of hydrogen-bond donors (Lipinski definition) is 0. The first-order chi connectivity index (χ1) is 13.0. The number of pyridine rings is 1. The van der Waals surface area contributed by atoms with Crippen LogP contribution in [-0.2, 0) is 11.2 Å². The zero-order chi connectivity index (χ0) is 19.1. The van der Waals surface area contributed by atoms with Crippen LogP contribution >= 0.6 is 0 Å². The van der Waals surface area contributed by atoms with Gasteiger partial charge in [-0.05, 0) is 50.1 Å². The van der Waals surface area contributed by atoms with Crippen molar-refractivity contribution in [1.29, 1.82) is 0 Å². The van der Waals surface area contributed by atoms with Crippen LogP contribution in [0.5, 0.6) is 0 Å². The van der Waals surface area contributed by atoms with Gasteiger partial charge in [0.2, 0.25) is 0 Å². The number of methoxy groups -OCH3 is 1. The average molecular weight is 364 g/mol. The Hall–Kier alpha value is -3.22. The fourth-order valence-electron chi connectivity index (χ4n) is 3.45. The minimum atomic E-state index is -0.376. The number of hydrogen-bond acceptors (Lipinski definition) is 5. The maximum atomic E-state index is 13.0. The SMILES string of the molecule is COC(=O)c1ccc2c(c1)CCN2C(=O)c1cnc2c(cnn2C(C)C)c1. The van der Waals surface area contributed by atoms with E-state index in [1.807, 2.05) is 24.6 Å². The molecule has 3 aromatic rings. The highest BCUT2D eigenvalue weighted by atomic mass is 16.5. The first kappa shape index (κ1) is 17.2. The number of rotatable bonds is 3. The normalized spacial score (nSPS) is 13.3. The molecule has 0 radical (unpaired) electrons. The quantitative estimate of drug-likeness (QED) is 0.668. The minimum absolute atomic E-state index is 0.105. The van der Waals surface area contributed by atoms with Gasteiger partial charge in [0.25, 0.3) is 5.91 Å². The summed E-state index contributed by atoms with van der Waals surface area (Å²) >= 11 is 0. The molecular weight excluding hydrogens is 344 g/mol. The molecule has 3 heterocycles. The lowest BCUT2D eigenvalue weighted by atomic mass is 10.1. The predicted molar refractivity (Wildman–Crippen MR) is 101 cm³/mol. The van der Waals surface area contributed by atoms with E-state index in [4.69, 9.17) is 4.74 Å². The van der Waals surface area contributed by atoms with Crippen LogP contribution in [0.2, 0.25) is 0 Å². The summed E-state index contributed by atoms with van der Waals surface area (Å²) in [5.74, 6) is -0.481. The second-order valence-electron chi connectivity index (χ2n) is 6.86. The molecule has 1 aromatic carbocycles. The van der Waals surface area contributed by atoms with Crippen molar-refractivity contribution in [2.75, 3.05) is 18.6 Å². The van der Waals surface area contributed by atoms with Gasteiger partial charge in [0.15, 0.2) is 5.65 Å². The molecule has 1 aliphatic heterocycles. The molecule has 2 aromatic heterocycles. The van der Waals surface area contributed by atoms with Crippen LogP contribution in [0.4, 0.5) is 5.69 Å². The lowest BCUT2D eigenvalue weighted by Crippen LogP contribution is -2.29. The molecule has 0 fully saturated rings. The molecular formula is C20H20N4O3. The number of esters is 1. The lowest BCUT2D eigenvalue weighted by molar-refractivity contribution is 0.0600. The third-order valence-corrected chi connectivity index (χ3v) is 4.81. The number of carbonyl (C=O) groups is 2.